The highest BCUT2D eigenvalue weighted by atomic mass is 32.2. The zero-order valence-corrected chi connectivity index (χ0v) is 12.0. The largest absolute Gasteiger partial charge is 0.480 e. The molecule has 0 spiro atoms. The molecule has 2 atom stereocenters. The first kappa shape index (κ1) is 15.1. The van der Waals surface area contributed by atoms with Gasteiger partial charge in [-0.15, -0.1) is 0 Å². The molecule has 5 nitrogen and oxygen atoms in total. The number of carbonyl (C=O) groups excluding carboxylic acids is 1. The summed E-state index contributed by atoms with van der Waals surface area (Å²) < 4.78 is 0. The van der Waals surface area contributed by atoms with Gasteiger partial charge in [0.25, 0.3) is 0 Å². The number of carboxylic acid groups (broad SMARTS) is 1. The van der Waals surface area contributed by atoms with Crippen LogP contribution in [0.5, 0.6) is 0 Å². The third-order valence-electron chi connectivity index (χ3n) is 3.11. The molecule has 1 aliphatic rings. The van der Waals surface area contributed by atoms with Crippen LogP contribution in [0.2, 0.25) is 0 Å². The van der Waals surface area contributed by atoms with E-state index in [9.17, 15) is 9.59 Å². The molecular formula is C12H22N2O3S. The zero-order chi connectivity index (χ0) is 13.8. The minimum absolute atomic E-state index is 0.152. The second kappa shape index (κ2) is 6.31. The summed E-state index contributed by atoms with van der Waals surface area (Å²) in [4.78, 5) is 22.7. The second-order valence-corrected chi connectivity index (χ2v) is 6.58. The highest BCUT2D eigenvalue weighted by Gasteiger charge is 2.32. The van der Waals surface area contributed by atoms with E-state index in [2.05, 4.69) is 17.6 Å². The molecule has 0 bridgehead atoms. The van der Waals surface area contributed by atoms with Gasteiger partial charge in [-0.05, 0) is 32.4 Å². The van der Waals surface area contributed by atoms with Crippen molar-refractivity contribution in [3.8, 4) is 0 Å². The minimum atomic E-state index is -1.24. The molecule has 0 heterocycles. The molecule has 2 unspecified atom stereocenters. The van der Waals surface area contributed by atoms with Crippen molar-refractivity contribution in [1.82, 2.24) is 10.6 Å². The number of hydrogen-bond acceptors (Lipinski definition) is 3. The van der Waals surface area contributed by atoms with Gasteiger partial charge in [0.15, 0.2) is 0 Å². The van der Waals surface area contributed by atoms with Crippen molar-refractivity contribution in [1.29, 1.82) is 0 Å². The fourth-order valence-electron chi connectivity index (χ4n) is 2.05. The van der Waals surface area contributed by atoms with E-state index in [1.165, 1.54) is 13.8 Å². The van der Waals surface area contributed by atoms with Crippen LogP contribution < -0.4 is 10.6 Å². The van der Waals surface area contributed by atoms with E-state index >= 15 is 0 Å². The van der Waals surface area contributed by atoms with Gasteiger partial charge in [-0.1, -0.05) is 13.3 Å². The quantitative estimate of drug-likeness (QED) is 0.714. The number of nitrogens with one attached hydrogen (secondary N) is 2. The summed E-state index contributed by atoms with van der Waals surface area (Å²) in [6.07, 6.45) is 3.20. The summed E-state index contributed by atoms with van der Waals surface area (Å²) in [5, 5.41) is 14.8. The van der Waals surface area contributed by atoms with Gasteiger partial charge < -0.3 is 15.7 Å². The van der Waals surface area contributed by atoms with Crippen molar-refractivity contribution in [2.45, 2.75) is 56.9 Å². The number of carboxylic acids is 1. The third kappa shape index (κ3) is 4.08. The fraction of sp³-hybridized carbons (Fsp3) is 0.833. The normalized spacial score (nSPS) is 23.7. The van der Waals surface area contributed by atoms with Crippen molar-refractivity contribution in [2.75, 3.05) is 5.75 Å². The van der Waals surface area contributed by atoms with Crippen LogP contribution in [-0.4, -0.2) is 39.7 Å². The number of hydrogen-bond donors (Lipinski definition) is 3. The van der Waals surface area contributed by atoms with Crippen molar-refractivity contribution in [3.63, 3.8) is 0 Å². The van der Waals surface area contributed by atoms with Crippen molar-refractivity contribution >= 4 is 23.8 Å². The Morgan fingerprint density at radius 3 is 2.61 bits per heavy atom. The van der Waals surface area contributed by atoms with Crippen LogP contribution in [0.1, 0.15) is 40.0 Å². The number of thioether (sulfide) groups is 1. The Kier molecular flexibility index (Phi) is 5.31. The Hall–Kier alpha value is -0.910. The first-order valence-electron chi connectivity index (χ1n) is 6.30. The highest BCUT2D eigenvalue weighted by molar-refractivity contribution is 7.99. The molecule has 0 saturated heterocycles. The Balaban J connectivity index is 2.47. The van der Waals surface area contributed by atoms with Gasteiger partial charge in [0, 0.05) is 11.3 Å². The van der Waals surface area contributed by atoms with Crippen molar-refractivity contribution in [2.24, 2.45) is 0 Å². The lowest BCUT2D eigenvalue weighted by atomic mass is 10.1. The second-order valence-electron chi connectivity index (χ2n) is 5.06. The standard InChI is InChI=1S/C12H22N2O3S/c1-4-18-9-7-5-6-8(9)13-11(17)14-12(2,3)10(15)16/h8-9H,4-7H2,1-3H3,(H,15,16)(H2,13,14,17). The van der Waals surface area contributed by atoms with Gasteiger partial charge in [-0.25, -0.2) is 9.59 Å². The molecule has 6 heteroatoms. The average Bonchev–Trinajstić information content (AvgIpc) is 2.65. The predicted octanol–water partition coefficient (Wildman–Crippen LogP) is 1.82. The molecule has 1 saturated carbocycles. The zero-order valence-electron chi connectivity index (χ0n) is 11.2. The van der Waals surface area contributed by atoms with Gasteiger partial charge >= 0.3 is 12.0 Å². The molecule has 3 N–H and O–H groups in total. The molecule has 0 aromatic carbocycles. The summed E-state index contributed by atoms with van der Waals surface area (Å²) in [5.74, 6) is -0.00555. The maximum atomic E-state index is 11.8. The highest BCUT2D eigenvalue weighted by Crippen LogP contribution is 2.29. The van der Waals surface area contributed by atoms with Crippen LogP contribution in [0, 0.1) is 0 Å². The number of carbonyl (C=O) groups is 2. The van der Waals surface area contributed by atoms with Crippen molar-refractivity contribution < 1.29 is 14.7 Å². The van der Waals surface area contributed by atoms with E-state index in [0.717, 1.165) is 25.0 Å². The van der Waals surface area contributed by atoms with Gasteiger partial charge in [0.05, 0.1) is 0 Å². The predicted molar refractivity (Wildman–Crippen MR) is 72.9 cm³/mol. The molecule has 0 aromatic rings. The molecule has 18 heavy (non-hydrogen) atoms. The topological polar surface area (TPSA) is 78.4 Å². The Morgan fingerprint density at radius 1 is 1.39 bits per heavy atom. The maximum absolute atomic E-state index is 11.8. The Morgan fingerprint density at radius 2 is 2.06 bits per heavy atom. The van der Waals surface area contributed by atoms with Crippen LogP contribution in [0.25, 0.3) is 0 Å². The monoisotopic (exact) mass is 274 g/mol. The van der Waals surface area contributed by atoms with E-state index in [4.69, 9.17) is 5.11 Å². The molecule has 1 aliphatic carbocycles. The van der Waals surface area contributed by atoms with Gasteiger partial charge in [-0.2, -0.15) is 11.8 Å². The summed E-state index contributed by atoms with van der Waals surface area (Å²) >= 11 is 1.85. The SMILES string of the molecule is CCSC1CCCC1NC(=O)NC(C)(C)C(=O)O. The molecule has 0 aromatic heterocycles. The van der Waals surface area contributed by atoms with Gasteiger partial charge in [-0.3, -0.25) is 0 Å². The maximum Gasteiger partial charge on any atom is 0.328 e. The van der Waals surface area contributed by atoms with Gasteiger partial charge in [0.2, 0.25) is 0 Å². The number of amides is 2. The fourth-order valence-corrected chi connectivity index (χ4v) is 3.24. The molecule has 0 radical (unpaired) electrons. The van der Waals surface area contributed by atoms with E-state index < -0.39 is 17.5 Å². The van der Waals surface area contributed by atoms with Crippen LogP contribution >= 0.6 is 11.8 Å². The average molecular weight is 274 g/mol. The number of aliphatic carboxylic acids is 1. The molecule has 1 fully saturated rings. The lowest BCUT2D eigenvalue weighted by Gasteiger charge is -2.25. The summed E-state index contributed by atoms with van der Waals surface area (Å²) in [6.45, 7) is 5.05. The lowest BCUT2D eigenvalue weighted by Crippen LogP contribution is -2.55. The summed E-state index contributed by atoms with van der Waals surface area (Å²) in [6, 6.07) is -0.240. The van der Waals surface area contributed by atoms with E-state index in [-0.39, 0.29) is 6.04 Å². The van der Waals surface area contributed by atoms with Crippen LogP contribution in [-0.2, 0) is 4.79 Å². The smallest absolute Gasteiger partial charge is 0.328 e. The molecule has 2 amide bonds. The summed E-state index contributed by atoms with van der Waals surface area (Å²) in [5.41, 5.74) is -1.24. The number of rotatable bonds is 5. The molecule has 104 valence electrons. The molecule has 0 aliphatic heterocycles. The van der Waals surface area contributed by atoms with E-state index in [0.29, 0.717) is 5.25 Å². The lowest BCUT2D eigenvalue weighted by molar-refractivity contribution is -0.142. The van der Waals surface area contributed by atoms with Gasteiger partial charge in [0.1, 0.15) is 5.54 Å². The first-order valence-corrected chi connectivity index (χ1v) is 7.35. The van der Waals surface area contributed by atoms with Crippen LogP contribution in [0.15, 0.2) is 0 Å². The Labute approximate surface area is 112 Å². The molecule has 1 rings (SSSR count). The van der Waals surface area contributed by atoms with E-state index in [1.807, 2.05) is 11.8 Å². The number of urea groups is 1. The molecular weight excluding hydrogens is 252 g/mol. The third-order valence-corrected chi connectivity index (χ3v) is 4.44. The Bertz CT molecular complexity index is 320. The van der Waals surface area contributed by atoms with Crippen LogP contribution in [0.4, 0.5) is 4.79 Å². The first-order chi connectivity index (χ1) is 8.36. The van der Waals surface area contributed by atoms with Crippen LogP contribution in [0.3, 0.4) is 0 Å². The minimum Gasteiger partial charge on any atom is -0.480 e. The summed E-state index contributed by atoms with van der Waals surface area (Å²) in [7, 11) is 0. The van der Waals surface area contributed by atoms with E-state index in [1.54, 1.807) is 0 Å². The van der Waals surface area contributed by atoms with Crippen molar-refractivity contribution in [3.05, 3.63) is 0 Å².